The molecular formula is C17H35N. The van der Waals surface area contributed by atoms with Gasteiger partial charge < -0.3 is 5.32 Å². The normalized spacial score (nSPS) is 29.0. The molecule has 0 amide bonds. The third-order valence-electron chi connectivity index (χ3n) is 4.93. The van der Waals surface area contributed by atoms with Crippen LogP contribution in [0.1, 0.15) is 79.6 Å². The Labute approximate surface area is 115 Å². The quantitative estimate of drug-likeness (QED) is 0.656. The highest BCUT2D eigenvalue weighted by molar-refractivity contribution is 4.79. The molecule has 0 radical (unpaired) electrons. The van der Waals surface area contributed by atoms with Gasteiger partial charge in [-0.1, -0.05) is 47.0 Å². The summed E-state index contributed by atoms with van der Waals surface area (Å²) in [6, 6.07) is 1.48. The molecule has 4 unspecified atom stereocenters. The van der Waals surface area contributed by atoms with Crippen LogP contribution in [0, 0.1) is 17.8 Å². The van der Waals surface area contributed by atoms with Crippen molar-refractivity contribution in [2.24, 2.45) is 17.8 Å². The Bertz CT molecular complexity index is 212. The average molecular weight is 253 g/mol. The van der Waals surface area contributed by atoms with E-state index >= 15 is 0 Å². The van der Waals surface area contributed by atoms with Gasteiger partial charge in [-0.2, -0.15) is 0 Å². The van der Waals surface area contributed by atoms with E-state index in [1.807, 2.05) is 0 Å². The molecule has 1 fully saturated rings. The van der Waals surface area contributed by atoms with Crippen molar-refractivity contribution in [2.45, 2.75) is 91.6 Å². The Balaban J connectivity index is 2.30. The first kappa shape index (κ1) is 16.0. The fraction of sp³-hybridized carbons (Fsp3) is 1.00. The molecule has 1 heteroatoms. The third kappa shape index (κ3) is 5.73. The van der Waals surface area contributed by atoms with Crippen molar-refractivity contribution in [3.8, 4) is 0 Å². The van der Waals surface area contributed by atoms with Crippen molar-refractivity contribution in [3.05, 3.63) is 0 Å². The first-order valence-electron chi connectivity index (χ1n) is 8.28. The summed E-state index contributed by atoms with van der Waals surface area (Å²) in [5.41, 5.74) is 0. The summed E-state index contributed by atoms with van der Waals surface area (Å²) in [6.07, 6.45) is 9.76. The van der Waals surface area contributed by atoms with Gasteiger partial charge in [0.15, 0.2) is 0 Å². The summed E-state index contributed by atoms with van der Waals surface area (Å²) in [6.45, 7) is 11.8. The Morgan fingerprint density at radius 3 is 2.33 bits per heavy atom. The number of nitrogens with one attached hydrogen (secondary N) is 1. The van der Waals surface area contributed by atoms with Crippen LogP contribution in [0.15, 0.2) is 0 Å². The molecule has 4 atom stereocenters. The molecule has 1 aliphatic carbocycles. The molecule has 0 spiro atoms. The zero-order chi connectivity index (χ0) is 13.5. The van der Waals surface area contributed by atoms with Crippen LogP contribution in [0.2, 0.25) is 0 Å². The summed E-state index contributed by atoms with van der Waals surface area (Å²) in [4.78, 5) is 0. The number of hydrogen-bond acceptors (Lipinski definition) is 1. The number of rotatable bonds is 6. The largest absolute Gasteiger partial charge is 0.311 e. The lowest BCUT2D eigenvalue weighted by Gasteiger charge is -2.24. The van der Waals surface area contributed by atoms with Crippen LogP contribution in [0.25, 0.3) is 0 Å². The fourth-order valence-electron chi connectivity index (χ4n) is 3.40. The van der Waals surface area contributed by atoms with Crippen LogP contribution in [-0.2, 0) is 0 Å². The lowest BCUT2D eigenvalue weighted by atomic mass is 9.89. The van der Waals surface area contributed by atoms with Crippen LogP contribution >= 0.6 is 0 Å². The highest BCUT2D eigenvalue weighted by atomic mass is 14.9. The summed E-state index contributed by atoms with van der Waals surface area (Å²) in [5.74, 6) is 2.71. The van der Waals surface area contributed by atoms with E-state index in [0.29, 0.717) is 6.04 Å². The first-order valence-corrected chi connectivity index (χ1v) is 8.28. The first-order chi connectivity index (χ1) is 8.52. The van der Waals surface area contributed by atoms with Gasteiger partial charge in [-0.3, -0.25) is 0 Å². The highest BCUT2D eigenvalue weighted by Gasteiger charge is 2.22. The van der Waals surface area contributed by atoms with Gasteiger partial charge in [0.1, 0.15) is 0 Å². The van der Waals surface area contributed by atoms with Crippen LogP contribution in [0.4, 0.5) is 0 Å². The maximum Gasteiger partial charge on any atom is 0.00696 e. The van der Waals surface area contributed by atoms with E-state index in [0.717, 1.165) is 23.8 Å². The van der Waals surface area contributed by atoms with Crippen molar-refractivity contribution >= 4 is 0 Å². The smallest absolute Gasteiger partial charge is 0.00696 e. The van der Waals surface area contributed by atoms with Crippen molar-refractivity contribution < 1.29 is 0 Å². The maximum absolute atomic E-state index is 3.88. The minimum absolute atomic E-state index is 0.695. The molecule has 1 rings (SSSR count). The van der Waals surface area contributed by atoms with Crippen LogP contribution in [0.5, 0.6) is 0 Å². The van der Waals surface area contributed by atoms with Crippen molar-refractivity contribution in [2.75, 3.05) is 0 Å². The van der Waals surface area contributed by atoms with E-state index in [2.05, 4.69) is 39.9 Å². The second-order valence-corrected chi connectivity index (χ2v) is 7.03. The van der Waals surface area contributed by atoms with Crippen LogP contribution in [0.3, 0.4) is 0 Å². The van der Waals surface area contributed by atoms with E-state index in [-0.39, 0.29) is 0 Å². The SMILES string of the molecule is CCC(C)CC(C)NC1CCCC(C(C)C)CC1. The van der Waals surface area contributed by atoms with Gasteiger partial charge in [0.05, 0.1) is 0 Å². The molecule has 0 heterocycles. The molecule has 0 bridgehead atoms. The zero-order valence-corrected chi connectivity index (χ0v) is 13.3. The Kier molecular flexibility index (Phi) is 7.29. The van der Waals surface area contributed by atoms with Crippen molar-refractivity contribution in [1.82, 2.24) is 5.32 Å². The molecule has 1 aliphatic rings. The predicted octanol–water partition coefficient (Wildman–Crippen LogP) is 5.01. The Morgan fingerprint density at radius 1 is 1.00 bits per heavy atom. The van der Waals surface area contributed by atoms with Gasteiger partial charge in [-0.25, -0.2) is 0 Å². The van der Waals surface area contributed by atoms with Crippen LogP contribution in [-0.4, -0.2) is 12.1 Å². The minimum Gasteiger partial charge on any atom is -0.311 e. The van der Waals surface area contributed by atoms with E-state index in [1.54, 1.807) is 0 Å². The van der Waals surface area contributed by atoms with Gasteiger partial charge in [-0.15, -0.1) is 0 Å². The molecule has 108 valence electrons. The molecule has 0 aromatic rings. The van der Waals surface area contributed by atoms with Gasteiger partial charge in [0.25, 0.3) is 0 Å². The number of hydrogen-bond donors (Lipinski definition) is 1. The van der Waals surface area contributed by atoms with Gasteiger partial charge in [0.2, 0.25) is 0 Å². The van der Waals surface area contributed by atoms with Crippen LogP contribution < -0.4 is 5.32 Å². The summed E-state index contributed by atoms with van der Waals surface area (Å²) >= 11 is 0. The molecule has 0 saturated heterocycles. The van der Waals surface area contributed by atoms with Crippen molar-refractivity contribution in [1.29, 1.82) is 0 Å². The average Bonchev–Trinajstić information content (AvgIpc) is 2.54. The minimum atomic E-state index is 0.695. The maximum atomic E-state index is 3.88. The van der Waals surface area contributed by atoms with Gasteiger partial charge in [0, 0.05) is 12.1 Å². The molecule has 1 N–H and O–H groups in total. The Morgan fingerprint density at radius 2 is 1.72 bits per heavy atom. The molecule has 1 saturated carbocycles. The molecule has 0 aromatic heterocycles. The topological polar surface area (TPSA) is 12.0 Å². The molecule has 0 aromatic carbocycles. The standard InChI is InChI=1S/C17H35N/c1-6-14(4)12-15(5)18-17-9-7-8-16(10-11-17)13(2)3/h13-18H,6-12H2,1-5H3. The Hall–Kier alpha value is -0.0400. The second kappa shape index (κ2) is 8.19. The monoisotopic (exact) mass is 253 g/mol. The highest BCUT2D eigenvalue weighted by Crippen LogP contribution is 2.29. The van der Waals surface area contributed by atoms with Crippen molar-refractivity contribution in [3.63, 3.8) is 0 Å². The second-order valence-electron chi connectivity index (χ2n) is 7.03. The van der Waals surface area contributed by atoms with E-state index in [9.17, 15) is 0 Å². The van der Waals surface area contributed by atoms with Gasteiger partial charge in [-0.05, 0) is 50.4 Å². The fourth-order valence-corrected chi connectivity index (χ4v) is 3.40. The van der Waals surface area contributed by atoms with E-state index < -0.39 is 0 Å². The zero-order valence-electron chi connectivity index (χ0n) is 13.3. The lowest BCUT2D eigenvalue weighted by Crippen LogP contribution is -2.37. The summed E-state index contributed by atoms with van der Waals surface area (Å²) in [7, 11) is 0. The van der Waals surface area contributed by atoms with E-state index in [1.165, 1.54) is 44.9 Å². The molecule has 18 heavy (non-hydrogen) atoms. The molecule has 1 nitrogen and oxygen atoms in total. The third-order valence-corrected chi connectivity index (χ3v) is 4.93. The van der Waals surface area contributed by atoms with Gasteiger partial charge >= 0.3 is 0 Å². The summed E-state index contributed by atoms with van der Waals surface area (Å²) < 4.78 is 0. The predicted molar refractivity (Wildman–Crippen MR) is 81.9 cm³/mol. The van der Waals surface area contributed by atoms with E-state index in [4.69, 9.17) is 0 Å². The lowest BCUT2D eigenvalue weighted by molar-refractivity contribution is 0.326. The summed E-state index contributed by atoms with van der Waals surface area (Å²) in [5, 5.41) is 3.88. The molecule has 0 aliphatic heterocycles. The molecular weight excluding hydrogens is 218 g/mol.